The highest BCUT2D eigenvalue weighted by atomic mass is 19.1. The zero-order valence-corrected chi connectivity index (χ0v) is 25.8. The van der Waals surface area contributed by atoms with E-state index in [0.717, 1.165) is 32.2 Å². The molecule has 2 aromatic carbocycles. The summed E-state index contributed by atoms with van der Waals surface area (Å²) in [5.74, 6) is -0.718. The van der Waals surface area contributed by atoms with Gasteiger partial charge in [-0.1, -0.05) is 12.0 Å². The van der Waals surface area contributed by atoms with E-state index in [9.17, 15) is 8.78 Å². The lowest BCUT2D eigenvalue weighted by Gasteiger charge is -2.35. The fourth-order valence-corrected chi connectivity index (χ4v) is 8.21. The molecule has 0 aliphatic carbocycles. The fourth-order valence-electron chi connectivity index (χ4n) is 8.21. The Hall–Kier alpha value is -4.41. The average Bonchev–Trinajstić information content (AvgIpc) is 3.70. The second-order valence-corrected chi connectivity index (χ2v) is 13.1. The number of anilines is 2. The van der Waals surface area contributed by atoms with Gasteiger partial charge in [0.05, 0.1) is 34.9 Å². The number of terminal acetylenes is 1. The Balaban J connectivity index is 1.35. The van der Waals surface area contributed by atoms with E-state index in [1.54, 1.807) is 0 Å². The Kier molecular flexibility index (Phi) is 7.07. The molecule has 0 saturated carbocycles. The molecule has 2 aromatic heterocycles. The molecule has 0 spiro atoms. The molecule has 4 atom stereocenters. The van der Waals surface area contributed by atoms with E-state index in [1.807, 2.05) is 4.90 Å². The van der Waals surface area contributed by atoms with E-state index in [2.05, 4.69) is 26.1 Å². The third kappa shape index (κ3) is 4.71. The molecule has 4 fully saturated rings. The van der Waals surface area contributed by atoms with Crippen LogP contribution < -0.4 is 25.4 Å². The highest BCUT2D eigenvalue weighted by Crippen LogP contribution is 2.46. The number of hydrogen-bond acceptors (Lipinski definition) is 9. The molecule has 244 valence electrons. The first-order valence-electron chi connectivity index (χ1n) is 15.8. The Morgan fingerprint density at radius 1 is 1.09 bits per heavy atom. The van der Waals surface area contributed by atoms with Crippen molar-refractivity contribution >= 4 is 33.3 Å². The Labute approximate surface area is 268 Å². The number of nitrogens with two attached hydrogens (primary N) is 1. The van der Waals surface area contributed by atoms with Crippen LogP contribution in [0, 0.1) is 29.8 Å². The predicted molar refractivity (Wildman–Crippen MR) is 170 cm³/mol. The molecule has 8 rings (SSSR count). The van der Waals surface area contributed by atoms with Gasteiger partial charge in [-0.3, -0.25) is 4.90 Å². The third-order valence-corrected chi connectivity index (χ3v) is 10.2. The number of ether oxygens (including phenoxy) is 2. The molecule has 9 nitrogen and oxygen atoms in total. The molecule has 6 heterocycles. The van der Waals surface area contributed by atoms with Crippen molar-refractivity contribution in [2.24, 2.45) is 0 Å². The van der Waals surface area contributed by atoms with Gasteiger partial charge in [-0.25, -0.2) is 22.5 Å². The summed E-state index contributed by atoms with van der Waals surface area (Å²) in [6.07, 6.45) is 8.63. The van der Waals surface area contributed by atoms with E-state index >= 15 is 8.78 Å². The number of alkyl halides is 1. The molecular weight excluding hydrogens is 614 g/mol. The first-order valence-corrected chi connectivity index (χ1v) is 15.8. The van der Waals surface area contributed by atoms with Gasteiger partial charge in [-0.15, -0.1) is 6.42 Å². The number of nitrogen functional groups attached to an aromatic ring is 1. The molecule has 13 heteroatoms. The van der Waals surface area contributed by atoms with Gasteiger partial charge in [-0.05, 0) is 49.7 Å². The SMILES string of the molecule is C#Cc1c(F)ccc2cc(N)nc(-c3c(F)c(OC)c4c(N5CC6CCC(C5)N6)nc(OC[C@@]56CCCN5C[C@H](F)C6)nc4c3F)c12. The molecule has 4 aromatic rings. The number of nitrogens with one attached hydrogen (secondary N) is 1. The monoisotopic (exact) mass is 647 g/mol. The van der Waals surface area contributed by atoms with Gasteiger partial charge in [0.2, 0.25) is 0 Å². The fraction of sp³-hybridized carbons (Fsp3) is 0.441. The number of pyridine rings is 1. The molecule has 4 aliphatic rings. The van der Waals surface area contributed by atoms with Gasteiger partial charge in [0, 0.05) is 43.5 Å². The number of rotatable bonds is 6. The lowest BCUT2D eigenvalue weighted by Crippen LogP contribution is -2.51. The molecule has 2 unspecified atom stereocenters. The number of benzene rings is 2. The summed E-state index contributed by atoms with van der Waals surface area (Å²) in [6.45, 7) is 2.32. The van der Waals surface area contributed by atoms with Crippen LogP contribution in [0.4, 0.5) is 29.2 Å². The number of fused-ring (bicyclic) bond motifs is 5. The smallest absolute Gasteiger partial charge is 0.319 e. The molecular formula is C34H33F4N7O2. The minimum absolute atomic E-state index is 0.0211. The maximum Gasteiger partial charge on any atom is 0.319 e. The minimum atomic E-state index is -1.08. The van der Waals surface area contributed by atoms with E-state index in [1.165, 1.54) is 25.3 Å². The van der Waals surface area contributed by atoms with E-state index in [4.69, 9.17) is 26.6 Å². The maximum atomic E-state index is 17.1. The average molecular weight is 648 g/mol. The van der Waals surface area contributed by atoms with E-state index < -0.39 is 34.7 Å². The van der Waals surface area contributed by atoms with Crippen LogP contribution >= 0.6 is 0 Å². The number of halogens is 4. The number of piperazine rings is 1. The summed E-state index contributed by atoms with van der Waals surface area (Å²) in [5.41, 5.74) is 4.19. The Morgan fingerprint density at radius 3 is 2.62 bits per heavy atom. The highest BCUT2D eigenvalue weighted by molar-refractivity contribution is 6.05. The lowest BCUT2D eigenvalue weighted by molar-refractivity contribution is 0.107. The molecule has 4 saturated heterocycles. The molecule has 4 aliphatic heterocycles. The summed E-state index contributed by atoms with van der Waals surface area (Å²) >= 11 is 0. The van der Waals surface area contributed by atoms with E-state index in [-0.39, 0.29) is 69.6 Å². The van der Waals surface area contributed by atoms with Crippen molar-refractivity contribution in [1.82, 2.24) is 25.2 Å². The number of nitrogens with zero attached hydrogens (tertiary/aromatic N) is 5. The van der Waals surface area contributed by atoms with Crippen LogP contribution in [0.5, 0.6) is 11.8 Å². The van der Waals surface area contributed by atoms with Crippen LogP contribution in [0.25, 0.3) is 32.9 Å². The first kappa shape index (κ1) is 30.0. The second-order valence-electron chi connectivity index (χ2n) is 13.1. The molecule has 0 radical (unpaired) electrons. The normalized spacial score (nSPS) is 25.4. The van der Waals surface area contributed by atoms with Gasteiger partial charge >= 0.3 is 6.01 Å². The largest absolute Gasteiger partial charge is 0.493 e. The third-order valence-electron chi connectivity index (χ3n) is 10.2. The van der Waals surface area contributed by atoms with Crippen molar-refractivity contribution in [2.75, 3.05) is 50.5 Å². The number of hydrogen-bond donors (Lipinski definition) is 2. The topological polar surface area (TPSA) is 102 Å². The summed E-state index contributed by atoms with van der Waals surface area (Å²) < 4.78 is 75.1. The van der Waals surface area contributed by atoms with Crippen molar-refractivity contribution in [3.8, 4) is 35.4 Å². The van der Waals surface area contributed by atoms with E-state index in [0.29, 0.717) is 31.4 Å². The molecule has 3 N–H and O–H groups in total. The van der Waals surface area contributed by atoms with Gasteiger partial charge in [0.15, 0.2) is 17.4 Å². The second kappa shape index (κ2) is 11.1. The summed E-state index contributed by atoms with van der Waals surface area (Å²) in [6, 6.07) is 4.26. The molecule has 2 bridgehead atoms. The van der Waals surface area contributed by atoms with Gasteiger partial charge < -0.3 is 25.4 Å². The zero-order chi connectivity index (χ0) is 32.6. The first-order chi connectivity index (χ1) is 22.7. The number of methoxy groups -OCH3 is 1. The highest BCUT2D eigenvalue weighted by Gasteiger charge is 2.49. The summed E-state index contributed by atoms with van der Waals surface area (Å²) in [5, 5.41) is 3.96. The van der Waals surface area contributed by atoms with Crippen LogP contribution in [0.15, 0.2) is 18.2 Å². The summed E-state index contributed by atoms with van der Waals surface area (Å²) in [7, 11) is 1.27. The maximum absolute atomic E-state index is 17.1. The van der Waals surface area contributed by atoms with Gasteiger partial charge in [-0.2, -0.15) is 9.97 Å². The van der Waals surface area contributed by atoms with Crippen LogP contribution in [-0.2, 0) is 0 Å². The van der Waals surface area contributed by atoms with Crippen molar-refractivity contribution in [1.29, 1.82) is 0 Å². The minimum Gasteiger partial charge on any atom is -0.493 e. The van der Waals surface area contributed by atoms with Crippen molar-refractivity contribution in [3.63, 3.8) is 0 Å². The van der Waals surface area contributed by atoms with Crippen LogP contribution in [0.2, 0.25) is 0 Å². The van der Waals surface area contributed by atoms with Crippen LogP contribution in [0.1, 0.15) is 37.7 Å². The molecule has 0 amide bonds. The standard InChI is InChI=1S/C34H33F4N7O2/c1-3-21-22(36)8-5-17-11-23(39)41-29(24(17)21)25-27(37)30-26(31(46-2)28(25)38)32(44-14-19-6-7-20(15-44)40-19)43-33(42-30)47-16-34-9-4-10-45(34)13-18(35)12-34/h1,5,8,11,18-20,40H,4,6-7,9-10,12-16H2,2H3,(H2,39,41)/t18-,19?,20?,34+/m1/s1. The zero-order valence-electron chi connectivity index (χ0n) is 25.8. The molecule has 47 heavy (non-hydrogen) atoms. The van der Waals surface area contributed by atoms with Crippen LogP contribution in [-0.4, -0.2) is 83.5 Å². The predicted octanol–water partition coefficient (Wildman–Crippen LogP) is 4.73. The number of aromatic nitrogens is 3. The van der Waals surface area contributed by atoms with Crippen molar-refractivity contribution in [3.05, 3.63) is 41.2 Å². The summed E-state index contributed by atoms with van der Waals surface area (Å²) in [4.78, 5) is 17.6. The van der Waals surface area contributed by atoms with Crippen LogP contribution in [0.3, 0.4) is 0 Å². The van der Waals surface area contributed by atoms with Crippen molar-refractivity contribution < 1.29 is 27.0 Å². The van der Waals surface area contributed by atoms with Crippen molar-refractivity contribution in [2.45, 2.75) is 55.9 Å². The Morgan fingerprint density at radius 2 is 1.87 bits per heavy atom. The van der Waals surface area contributed by atoms with Gasteiger partial charge in [0.1, 0.15) is 35.7 Å². The van der Waals surface area contributed by atoms with Gasteiger partial charge in [0.25, 0.3) is 0 Å². The quantitative estimate of drug-likeness (QED) is 0.227. The Bertz CT molecular complexity index is 1970. The lowest BCUT2D eigenvalue weighted by atomic mass is 9.95.